The number of benzene rings is 1. The van der Waals surface area contributed by atoms with Crippen LogP contribution in [0, 0.1) is 6.92 Å². The normalized spacial score (nSPS) is 16.7. The van der Waals surface area contributed by atoms with Gasteiger partial charge >= 0.3 is 5.97 Å². The molecule has 0 N–H and O–H groups in total. The molecule has 1 fully saturated rings. The van der Waals surface area contributed by atoms with Crippen LogP contribution in [0.4, 0.5) is 4.79 Å². The van der Waals surface area contributed by atoms with Crippen LogP contribution in [0.15, 0.2) is 55.7 Å². The quantitative estimate of drug-likeness (QED) is 0.497. The lowest BCUT2D eigenvalue weighted by molar-refractivity contribution is -0.150. The van der Waals surface area contributed by atoms with Gasteiger partial charge in [-0.3, -0.25) is 14.5 Å². The highest BCUT2D eigenvalue weighted by Gasteiger charge is 2.41. The maximum absolute atomic E-state index is 12.6. The van der Waals surface area contributed by atoms with Gasteiger partial charge in [-0.25, -0.2) is 4.79 Å². The monoisotopic (exact) mass is 417 g/mol. The number of imide groups is 1. The molecule has 0 saturated carbocycles. The Morgan fingerprint density at radius 3 is 2.64 bits per heavy atom. The summed E-state index contributed by atoms with van der Waals surface area (Å²) >= 11 is 2.24. The second-order valence-electron chi connectivity index (χ2n) is 6.05. The fourth-order valence-corrected chi connectivity index (χ4v) is 4.17. The number of aryl methyl sites for hydroxylation is 1. The first-order valence-electron chi connectivity index (χ1n) is 8.67. The van der Waals surface area contributed by atoms with Gasteiger partial charge in [-0.2, -0.15) is 0 Å². The number of furan rings is 1. The molecule has 2 heterocycles. The fourth-order valence-electron chi connectivity index (χ4n) is 2.50. The first-order chi connectivity index (χ1) is 13.4. The van der Waals surface area contributed by atoms with E-state index < -0.39 is 23.2 Å². The smallest absolute Gasteiger partial charge is 0.329 e. The molecule has 0 aliphatic carbocycles. The molecule has 1 aliphatic heterocycles. The van der Waals surface area contributed by atoms with Crippen molar-refractivity contribution in [3.63, 3.8) is 0 Å². The van der Waals surface area contributed by atoms with Gasteiger partial charge in [-0.1, -0.05) is 29.5 Å². The van der Waals surface area contributed by atoms with Crippen molar-refractivity contribution >= 4 is 46.7 Å². The van der Waals surface area contributed by atoms with E-state index in [4.69, 9.17) is 9.15 Å². The summed E-state index contributed by atoms with van der Waals surface area (Å²) in [5.41, 5.74) is 1.18. The third-order valence-electron chi connectivity index (χ3n) is 3.95. The molecule has 0 unspecified atom stereocenters. The predicted octanol–water partition coefficient (Wildman–Crippen LogP) is 4.73. The standard InChI is InChI=1S/C20H19NO5S2/c1-4-25-19(23)13(3)21-18(22)16(28-20(21)24)11-14-7-10-17(26-14)27-15-8-5-12(2)6-9-15/h5-11,13H,4H2,1-3H3/b16-11+/t13-/m0/s1. The molecule has 3 rings (SSSR count). The Kier molecular flexibility index (Phi) is 6.31. The largest absolute Gasteiger partial charge is 0.464 e. The summed E-state index contributed by atoms with van der Waals surface area (Å²) in [7, 11) is 0. The maximum atomic E-state index is 12.6. The Hall–Kier alpha value is -2.45. The van der Waals surface area contributed by atoms with E-state index in [9.17, 15) is 14.4 Å². The van der Waals surface area contributed by atoms with E-state index in [-0.39, 0.29) is 11.5 Å². The van der Waals surface area contributed by atoms with Gasteiger partial charge in [0.1, 0.15) is 11.8 Å². The third kappa shape index (κ3) is 4.51. The van der Waals surface area contributed by atoms with Gasteiger partial charge in [0, 0.05) is 11.0 Å². The lowest BCUT2D eigenvalue weighted by Crippen LogP contribution is -2.42. The van der Waals surface area contributed by atoms with Crippen molar-refractivity contribution in [2.75, 3.05) is 6.61 Å². The van der Waals surface area contributed by atoms with Crippen LogP contribution in [-0.2, 0) is 14.3 Å². The molecule has 8 heteroatoms. The number of rotatable bonds is 6. The van der Waals surface area contributed by atoms with E-state index in [1.54, 1.807) is 13.0 Å². The first kappa shape index (κ1) is 20.3. The van der Waals surface area contributed by atoms with E-state index in [0.717, 1.165) is 21.6 Å². The summed E-state index contributed by atoms with van der Waals surface area (Å²) in [5, 5.41) is 0.173. The first-order valence-corrected chi connectivity index (χ1v) is 10.3. The Labute approximate surface area is 171 Å². The number of ether oxygens (including phenoxy) is 1. The molecular weight excluding hydrogens is 398 g/mol. The van der Waals surface area contributed by atoms with Gasteiger partial charge in [-0.05, 0) is 56.8 Å². The number of carbonyl (C=O) groups excluding carboxylic acids is 3. The van der Waals surface area contributed by atoms with Gasteiger partial charge in [0.15, 0.2) is 5.09 Å². The highest BCUT2D eigenvalue weighted by molar-refractivity contribution is 8.18. The summed E-state index contributed by atoms with van der Waals surface area (Å²) in [6, 6.07) is 10.6. The molecule has 1 aliphatic rings. The minimum atomic E-state index is -0.970. The van der Waals surface area contributed by atoms with Crippen LogP contribution in [0.5, 0.6) is 0 Å². The number of thioether (sulfide) groups is 1. The molecule has 2 aromatic rings. The van der Waals surface area contributed by atoms with Gasteiger partial charge in [0.2, 0.25) is 0 Å². The number of esters is 1. The average Bonchev–Trinajstić information content (AvgIpc) is 3.21. The molecule has 146 valence electrons. The minimum absolute atomic E-state index is 0.184. The maximum Gasteiger partial charge on any atom is 0.329 e. The number of carbonyl (C=O) groups is 3. The second kappa shape index (κ2) is 8.70. The SMILES string of the molecule is CCOC(=O)[C@H](C)N1C(=O)S/C(=C/c2ccc(Sc3ccc(C)cc3)o2)C1=O. The Morgan fingerprint density at radius 2 is 1.96 bits per heavy atom. The lowest BCUT2D eigenvalue weighted by atomic mass is 10.2. The van der Waals surface area contributed by atoms with Crippen LogP contribution in [0.1, 0.15) is 25.2 Å². The van der Waals surface area contributed by atoms with E-state index in [0.29, 0.717) is 10.9 Å². The Balaban J connectivity index is 1.72. The van der Waals surface area contributed by atoms with Gasteiger partial charge in [-0.15, -0.1) is 0 Å². The average molecular weight is 418 g/mol. The predicted molar refractivity (Wildman–Crippen MR) is 108 cm³/mol. The summed E-state index contributed by atoms with van der Waals surface area (Å²) in [6.45, 7) is 5.35. The van der Waals surface area contributed by atoms with Gasteiger partial charge in [0.25, 0.3) is 11.1 Å². The molecule has 2 amide bonds. The summed E-state index contributed by atoms with van der Waals surface area (Å²) in [6.07, 6.45) is 1.52. The molecule has 0 bridgehead atoms. The van der Waals surface area contributed by atoms with Crippen LogP contribution in [0.25, 0.3) is 6.08 Å². The summed E-state index contributed by atoms with van der Waals surface area (Å²) in [4.78, 5) is 38.8. The van der Waals surface area contributed by atoms with Crippen LogP contribution >= 0.6 is 23.5 Å². The van der Waals surface area contributed by atoms with E-state index in [1.165, 1.54) is 30.3 Å². The zero-order valence-corrected chi connectivity index (χ0v) is 17.3. The zero-order valence-electron chi connectivity index (χ0n) is 15.6. The molecule has 28 heavy (non-hydrogen) atoms. The van der Waals surface area contributed by atoms with Crippen molar-refractivity contribution < 1.29 is 23.5 Å². The summed E-state index contributed by atoms with van der Waals surface area (Å²) < 4.78 is 10.6. The van der Waals surface area contributed by atoms with Crippen molar-refractivity contribution in [1.82, 2.24) is 4.90 Å². The topological polar surface area (TPSA) is 76.8 Å². The molecular formula is C20H19NO5S2. The van der Waals surface area contributed by atoms with Crippen LogP contribution in [0.2, 0.25) is 0 Å². The van der Waals surface area contributed by atoms with Crippen molar-refractivity contribution in [3.8, 4) is 0 Å². The van der Waals surface area contributed by atoms with Gasteiger partial charge < -0.3 is 9.15 Å². The zero-order chi connectivity index (χ0) is 20.3. The molecule has 1 atom stereocenters. The van der Waals surface area contributed by atoms with Crippen LogP contribution < -0.4 is 0 Å². The molecule has 1 aromatic carbocycles. The van der Waals surface area contributed by atoms with Gasteiger partial charge in [0.05, 0.1) is 11.5 Å². The third-order valence-corrected chi connectivity index (χ3v) is 5.77. The number of nitrogens with zero attached hydrogens (tertiary/aromatic N) is 1. The molecule has 1 saturated heterocycles. The van der Waals surface area contributed by atoms with E-state index >= 15 is 0 Å². The molecule has 1 aromatic heterocycles. The second-order valence-corrected chi connectivity index (χ2v) is 8.12. The van der Waals surface area contributed by atoms with E-state index in [1.807, 2.05) is 37.3 Å². The van der Waals surface area contributed by atoms with Crippen LogP contribution in [0.3, 0.4) is 0 Å². The lowest BCUT2D eigenvalue weighted by Gasteiger charge is -2.19. The molecule has 0 spiro atoms. The number of amides is 2. The highest BCUT2D eigenvalue weighted by Crippen LogP contribution is 2.35. The number of hydrogen-bond acceptors (Lipinski definition) is 7. The van der Waals surface area contributed by atoms with Crippen molar-refractivity contribution in [2.24, 2.45) is 0 Å². The highest BCUT2D eigenvalue weighted by atomic mass is 32.2. The van der Waals surface area contributed by atoms with E-state index in [2.05, 4.69) is 0 Å². The van der Waals surface area contributed by atoms with Crippen molar-refractivity contribution in [3.05, 3.63) is 52.6 Å². The Bertz CT molecular complexity index is 932. The minimum Gasteiger partial charge on any atom is -0.464 e. The summed E-state index contributed by atoms with van der Waals surface area (Å²) in [5.74, 6) is -0.676. The van der Waals surface area contributed by atoms with Crippen LogP contribution in [-0.4, -0.2) is 34.7 Å². The molecule has 6 nitrogen and oxygen atoms in total. The van der Waals surface area contributed by atoms with Crippen molar-refractivity contribution in [1.29, 1.82) is 0 Å². The molecule has 0 radical (unpaired) electrons. The fraction of sp³-hybridized carbons (Fsp3) is 0.250. The number of hydrogen-bond donors (Lipinski definition) is 0. The Morgan fingerprint density at radius 1 is 1.25 bits per heavy atom. The van der Waals surface area contributed by atoms with Crippen molar-refractivity contribution in [2.45, 2.75) is 36.8 Å².